The number of nitrogens with zero attached hydrogens (tertiary/aromatic N) is 3. The molecule has 0 atom stereocenters. The summed E-state index contributed by atoms with van der Waals surface area (Å²) in [7, 11) is -4.09. The first-order valence-electron chi connectivity index (χ1n) is 9.09. The molecule has 2 aromatic carbocycles. The highest BCUT2D eigenvalue weighted by Crippen LogP contribution is 2.33. The van der Waals surface area contributed by atoms with Gasteiger partial charge in [-0.15, -0.1) is 0 Å². The number of sulfonamides is 1. The van der Waals surface area contributed by atoms with Gasteiger partial charge in [0.25, 0.3) is 11.6 Å². The fourth-order valence-corrected chi connectivity index (χ4v) is 4.93. The van der Waals surface area contributed by atoms with Crippen LogP contribution in [-0.4, -0.2) is 43.2 Å². The number of halogens is 1. The predicted molar refractivity (Wildman–Crippen MR) is 105 cm³/mol. The van der Waals surface area contributed by atoms with Crippen molar-refractivity contribution in [2.24, 2.45) is 0 Å². The molecule has 0 saturated heterocycles. The fraction of sp³-hybridized carbons (Fsp3) is 0.316. The van der Waals surface area contributed by atoms with Crippen molar-refractivity contribution in [1.82, 2.24) is 4.31 Å². The molecule has 0 aromatic heterocycles. The molecule has 3 rings (SSSR count). The number of nitro benzene ring substituents is 1. The number of nitro groups is 1. The van der Waals surface area contributed by atoms with E-state index in [1.807, 2.05) is 0 Å². The Labute approximate surface area is 167 Å². The van der Waals surface area contributed by atoms with E-state index in [0.29, 0.717) is 18.7 Å². The van der Waals surface area contributed by atoms with Crippen molar-refractivity contribution < 1.29 is 22.5 Å². The van der Waals surface area contributed by atoms with E-state index in [-0.39, 0.29) is 24.3 Å². The quantitative estimate of drug-likeness (QED) is 0.527. The lowest BCUT2D eigenvalue weighted by Gasteiger charge is -2.20. The molecule has 0 N–H and O–H groups in total. The Morgan fingerprint density at radius 1 is 1.21 bits per heavy atom. The predicted octanol–water partition coefficient (Wildman–Crippen LogP) is 2.97. The Morgan fingerprint density at radius 3 is 2.52 bits per heavy atom. The molecule has 0 bridgehead atoms. The molecule has 0 unspecified atom stereocenters. The highest BCUT2D eigenvalue weighted by Gasteiger charge is 2.30. The second-order valence-electron chi connectivity index (χ2n) is 6.51. The van der Waals surface area contributed by atoms with Gasteiger partial charge in [0.2, 0.25) is 10.0 Å². The minimum atomic E-state index is -4.09. The van der Waals surface area contributed by atoms with E-state index >= 15 is 0 Å². The van der Waals surface area contributed by atoms with Gasteiger partial charge in [0, 0.05) is 37.3 Å². The summed E-state index contributed by atoms with van der Waals surface area (Å²) in [5.74, 6) is -1.48. The monoisotopic (exact) mass is 421 g/mol. The first-order chi connectivity index (χ1) is 13.7. The van der Waals surface area contributed by atoms with E-state index in [9.17, 15) is 27.7 Å². The second-order valence-corrected chi connectivity index (χ2v) is 8.42. The van der Waals surface area contributed by atoms with E-state index in [0.717, 1.165) is 22.0 Å². The lowest BCUT2D eigenvalue weighted by Crippen LogP contribution is -2.32. The number of anilines is 1. The average molecular weight is 421 g/mol. The van der Waals surface area contributed by atoms with Crippen molar-refractivity contribution in [3.8, 4) is 0 Å². The lowest BCUT2D eigenvalue weighted by molar-refractivity contribution is -0.384. The Bertz CT molecular complexity index is 1080. The van der Waals surface area contributed by atoms with Crippen LogP contribution in [0.5, 0.6) is 0 Å². The van der Waals surface area contributed by atoms with Gasteiger partial charge in [-0.25, -0.2) is 12.8 Å². The maximum Gasteiger partial charge on any atom is 0.271 e. The molecule has 0 saturated carbocycles. The lowest BCUT2D eigenvalue weighted by atomic mass is 10.1. The second kappa shape index (κ2) is 7.88. The zero-order chi connectivity index (χ0) is 21.3. The maximum atomic E-state index is 14.3. The number of benzene rings is 2. The fourth-order valence-electron chi connectivity index (χ4n) is 3.38. The summed E-state index contributed by atoms with van der Waals surface area (Å²) in [5, 5.41) is 11.0. The van der Waals surface area contributed by atoms with Gasteiger partial charge in [-0.2, -0.15) is 4.31 Å². The molecular formula is C19H20FN3O5S. The van der Waals surface area contributed by atoms with Crippen LogP contribution in [0.15, 0.2) is 41.3 Å². The highest BCUT2D eigenvalue weighted by atomic mass is 32.2. The third-order valence-corrected chi connectivity index (χ3v) is 6.99. The van der Waals surface area contributed by atoms with Crippen molar-refractivity contribution in [2.75, 3.05) is 24.5 Å². The van der Waals surface area contributed by atoms with Gasteiger partial charge in [0.05, 0.1) is 10.6 Å². The molecule has 2 aromatic rings. The van der Waals surface area contributed by atoms with E-state index in [1.165, 1.54) is 23.1 Å². The van der Waals surface area contributed by atoms with Crippen LogP contribution in [0.3, 0.4) is 0 Å². The molecule has 1 heterocycles. The van der Waals surface area contributed by atoms with Crippen molar-refractivity contribution in [1.29, 1.82) is 0 Å². The molecular weight excluding hydrogens is 401 g/mol. The number of carbonyl (C=O) groups is 1. The van der Waals surface area contributed by atoms with Gasteiger partial charge in [0.15, 0.2) is 0 Å². The molecule has 0 spiro atoms. The van der Waals surface area contributed by atoms with Crippen LogP contribution in [0.2, 0.25) is 0 Å². The minimum absolute atomic E-state index is 0.00325. The molecule has 0 aliphatic carbocycles. The summed E-state index contributed by atoms with van der Waals surface area (Å²) in [6, 6.07) is 7.49. The number of hydrogen-bond donors (Lipinski definition) is 0. The van der Waals surface area contributed by atoms with Gasteiger partial charge in [-0.3, -0.25) is 14.9 Å². The van der Waals surface area contributed by atoms with Gasteiger partial charge in [-0.1, -0.05) is 19.9 Å². The molecule has 0 radical (unpaired) electrons. The van der Waals surface area contributed by atoms with E-state index < -0.39 is 31.6 Å². The largest absolute Gasteiger partial charge is 0.307 e. The summed E-state index contributed by atoms with van der Waals surface area (Å²) < 4.78 is 40.9. The molecule has 1 aliphatic rings. The Hall–Kier alpha value is -2.85. The topological polar surface area (TPSA) is 101 Å². The van der Waals surface area contributed by atoms with E-state index in [4.69, 9.17) is 0 Å². The molecule has 10 heteroatoms. The van der Waals surface area contributed by atoms with Crippen LogP contribution in [0.25, 0.3) is 0 Å². The van der Waals surface area contributed by atoms with Gasteiger partial charge >= 0.3 is 0 Å². The standard InChI is InChI=1S/C19H20FN3O5S/c1-3-21(4-2)29(27,28)18-11-14(6-8-16(18)20)19(24)22-10-9-13-5-7-15(23(25)26)12-17(13)22/h5-8,11-12H,3-4,9-10H2,1-2H3. The van der Waals surface area contributed by atoms with Gasteiger partial charge in [0.1, 0.15) is 10.7 Å². The molecule has 0 fully saturated rings. The van der Waals surface area contributed by atoms with Gasteiger partial charge in [-0.05, 0) is 30.2 Å². The average Bonchev–Trinajstić information content (AvgIpc) is 3.11. The summed E-state index contributed by atoms with van der Waals surface area (Å²) in [6.45, 7) is 3.91. The zero-order valence-electron chi connectivity index (χ0n) is 16.0. The summed E-state index contributed by atoms with van der Waals surface area (Å²) in [4.78, 5) is 24.3. The Morgan fingerprint density at radius 2 is 1.90 bits per heavy atom. The van der Waals surface area contributed by atoms with Crippen molar-refractivity contribution in [2.45, 2.75) is 25.2 Å². The summed E-state index contributed by atoms with van der Waals surface area (Å²) in [6.07, 6.45) is 0.519. The van der Waals surface area contributed by atoms with Crippen LogP contribution < -0.4 is 4.90 Å². The molecule has 1 aliphatic heterocycles. The third kappa shape index (κ3) is 3.73. The van der Waals surface area contributed by atoms with Crippen molar-refractivity contribution in [3.05, 3.63) is 63.5 Å². The third-order valence-electron chi connectivity index (χ3n) is 4.92. The van der Waals surface area contributed by atoms with Crippen LogP contribution in [-0.2, 0) is 16.4 Å². The van der Waals surface area contributed by atoms with Crippen molar-refractivity contribution in [3.63, 3.8) is 0 Å². The number of rotatable bonds is 6. The first-order valence-corrected chi connectivity index (χ1v) is 10.5. The van der Waals surface area contributed by atoms with E-state index in [2.05, 4.69) is 0 Å². The highest BCUT2D eigenvalue weighted by molar-refractivity contribution is 7.89. The molecule has 8 nitrogen and oxygen atoms in total. The Kier molecular flexibility index (Phi) is 5.67. The smallest absolute Gasteiger partial charge is 0.271 e. The first kappa shape index (κ1) is 20.9. The van der Waals surface area contributed by atoms with Gasteiger partial charge < -0.3 is 4.90 Å². The zero-order valence-corrected chi connectivity index (χ0v) is 16.8. The van der Waals surface area contributed by atoms with Crippen LogP contribution in [0, 0.1) is 15.9 Å². The molecule has 29 heavy (non-hydrogen) atoms. The van der Waals surface area contributed by atoms with Crippen LogP contribution in [0.4, 0.5) is 15.8 Å². The number of non-ortho nitro benzene ring substituents is 1. The number of fused-ring (bicyclic) bond motifs is 1. The SMILES string of the molecule is CCN(CC)S(=O)(=O)c1cc(C(=O)N2CCc3ccc([N+](=O)[O-])cc32)ccc1F. The normalized spacial score (nSPS) is 13.6. The summed E-state index contributed by atoms with van der Waals surface area (Å²) >= 11 is 0. The number of hydrogen-bond acceptors (Lipinski definition) is 5. The number of amides is 1. The van der Waals surface area contributed by atoms with E-state index in [1.54, 1.807) is 19.9 Å². The van der Waals surface area contributed by atoms with Crippen LogP contribution in [0.1, 0.15) is 29.8 Å². The summed E-state index contributed by atoms with van der Waals surface area (Å²) in [5.41, 5.74) is 1.03. The molecule has 154 valence electrons. The molecule has 1 amide bonds. The van der Waals surface area contributed by atoms with Crippen LogP contribution >= 0.6 is 0 Å². The maximum absolute atomic E-state index is 14.3. The minimum Gasteiger partial charge on any atom is -0.307 e. The van der Waals surface area contributed by atoms with Crippen molar-refractivity contribution >= 4 is 27.3 Å². The number of carbonyl (C=O) groups excluding carboxylic acids is 1. The Balaban J connectivity index is 2.01.